The lowest BCUT2D eigenvalue weighted by atomic mass is 10.2. The van der Waals surface area contributed by atoms with Gasteiger partial charge in [0, 0.05) is 5.02 Å². The molecular formula is C14H10ClF2NO2. The first-order chi connectivity index (χ1) is 9.56. The van der Waals surface area contributed by atoms with Gasteiger partial charge in [0.2, 0.25) is 0 Å². The summed E-state index contributed by atoms with van der Waals surface area (Å²) in [6.07, 6.45) is -0.950. The van der Waals surface area contributed by atoms with Crippen LogP contribution in [0.4, 0.5) is 19.3 Å². The molecule has 0 aromatic heterocycles. The minimum Gasteiger partial charge on any atom is -0.444 e. The first kappa shape index (κ1) is 14.3. The topological polar surface area (TPSA) is 38.3 Å². The van der Waals surface area contributed by atoms with E-state index in [4.69, 9.17) is 16.3 Å². The highest BCUT2D eigenvalue weighted by Gasteiger charge is 2.14. The number of hydrogen-bond donors (Lipinski definition) is 1. The van der Waals surface area contributed by atoms with E-state index in [1.54, 1.807) is 24.3 Å². The molecule has 1 N–H and O–H groups in total. The third-order valence-corrected chi connectivity index (χ3v) is 2.66. The molecular weight excluding hydrogens is 288 g/mol. The van der Waals surface area contributed by atoms with Crippen LogP contribution >= 0.6 is 11.6 Å². The normalized spacial score (nSPS) is 10.2. The molecule has 6 heteroatoms. The Kier molecular flexibility index (Phi) is 4.53. The van der Waals surface area contributed by atoms with E-state index >= 15 is 0 Å². The second-order valence-corrected chi connectivity index (χ2v) is 4.37. The molecule has 0 heterocycles. The van der Waals surface area contributed by atoms with Crippen LogP contribution in [0.5, 0.6) is 0 Å². The zero-order valence-corrected chi connectivity index (χ0v) is 11.0. The van der Waals surface area contributed by atoms with E-state index in [-0.39, 0.29) is 11.6 Å². The first-order valence-electron chi connectivity index (χ1n) is 5.68. The van der Waals surface area contributed by atoms with E-state index in [2.05, 4.69) is 0 Å². The molecule has 2 rings (SSSR count). The SMILES string of the molecule is O=C(Nc1c(F)cc(Cl)cc1F)OCc1ccccc1. The van der Waals surface area contributed by atoms with Crippen molar-refractivity contribution >= 4 is 23.4 Å². The average Bonchev–Trinajstić information content (AvgIpc) is 2.42. The Balaban J connectivity index is 1.98. The molecule has 2 aromatic carbocycles. The highest BCUT2D eigenvalue weighted by Crippen LogP contribution is 2.23. The van der Waals surface area contributed by atoms with Gasteiger partial charge < -0.3 is 4.74 Å². The molecule has 0 atom stereocenters. The van der Waals surface area contributed by atoms with Gasteiger partial charge >= 0.3 is 6.09 Å². The third kappa shape index (κ3) is 3.68. The van der Waals surface area contributed by atoms with E-state index < -0.39 is 23.4 Å². The van der Waals surface area contributed by atoms with Crippen molar-refractivity contribution in [1.82, 2.24) is 0 Å². The van der Waals surface area contributed by atoms with Crippen LogP contribution in [-0.2, 0) is 11.3 Å². The molecule has 0 spiro atoms. The number of anilines is 1. The molecule has 0 saturated carbocycles. The summed E-state index contributed by atoms with van der Waals surface area (Å²) >= 11 is 5.48. The predicted octanol–water partition coefficient (Wildman–Crippen LogP) is 4.37. The van der Waals surface area contributed by atoms with E-state index in [0.717, 1.165) is 17.7 Å². The lowest BCUT2D eigenvalue weighted by Crippen LogP contribution is -2.15. The molecule has 0 radical (unpaired) electrons. The summed E-state index contributed by atoms with van der Waals surface area (Å²) in [4.78, 5) is 11.5. The van der Waals surface area contributed by atoms with Gasteiger partial charge in [0.15, 0.2) is 11.6 Å². The highest BCUT2D eigenvalue weighted by atomic mass is 35.5. The number of nitrogens with one attached hydrogen (secondary N) is 1. The van der Waals surface area contributed by atoms with Crippen LogP contribution in [-0.4, -0.2) is 6.09 Å². The standard InChI is InChI=1S/C14H10ClF2NO2/c15-10-6-11(16)13(12(17)7-10)18-14(19)20-8-9-4-2-1-3-5-9/h1-7H,8H2,(H,18,19). The van der Waals surface area contributed by atoms with E-state index in [0.29, 0.717) is 0 Å². The van der Waals surface area contributed by atoms with E-state index in [1.807, 2.05) is 11.4 Å². The monoisotopic (exact) mass is 297 g/mol. The molecule has 0 fully saturated rings. The second kappa shape index (κ2) is 6.34. The van der Waals surface area contributed by atoms with Crippen LogP contribution < -0.4 is 5.32 Å². The number of halogens is 3. The predicted molar refractivity (Wildman–Crippen MR) is 71.6 cm³/mol. The van der Waals surface area contributed by atoms with Crippen molar-refractivity contribution in [2.24, 2.45) is 0 Å². The smallest absolute Gasteiger partial charge is 0.412 e. The molecule has 0 aliphatic carbocycles. The van der Waals surface area contributed by atoms with Gasteiger partial charge in [0.1, 0.15) is 12.3 Å². The van der Waals surface area contributed by atoms with Gasteiger partial charge in [-0.05, 0) is 17.7 Å². The van der Waals surface area contributed by atoms with Crippen molar-refractivity contribution in [3.8, 4) is 0 Å². The molecule has 20 heavy (non-hydrogen) atoms. The summed E-state index contributed by atoms with van der Waals surface area (Å²) in [7, 11) is 0. The minimum absolute atomic E-state index is 0.00347. The summed E-state index contributed by atoms with van der Waals surface area (Å²) in [5, 5.41) is 1.91. The summed E-state index contributed by atoms with van der Waals surface area (Å²) in [6.45, 7) is 0.00347. The van der Waals surface area contributed by atoms with Gasteiger partial charge in [0.25, 0.3) is 0 Å². The van der Waals surface area contributed by atoms with Crippen LogP contribution in [0, 0.1) is 11.6 Å². The largest absolute Gasteiger partial charge is 0.444 e. The van der Waals surface area contributed by atoms with Gasteiger partial charge in [-0.1, -0.05) is 41.9 Å². The lowest BCUT2D eigenvalue weighted by molar-refractivity contribution is 0.155. The Morgan fingerprint density at radius 1 is 1.15 bits per heavy atom. The third-order valence-electron chi connectivity index (χ3n) is 2.45. The summed E-state index contributed by atoms with van der Waals surface area (Å²) in [6, 6.07) is 10.7. The van der Waals surface area contributed by atoms with Gasteiger partial charge in [-0.3, -0.25) is 5.32 Å². The number of carbonyl (C=O) groups is 1. The van der Waals surface area contributed by atoms with Crippen LogP contribution in [0.25, 0.3) is 0 Å². The van der Waals surface area contributed by atoms with Crippen molar-refractivity contribution in [2.45, 2.75) is 6.61 Å². The van der Waals surface area contributed by atoms with Crippen molar-refractivity contribution in [3.63, 3.8) is 0 Å². The van der Waals surface area contributed by atoms with Crippen molar-refractivity contribution in [2.75, 3.05) is 5.32 Å². The number of hydrogen-bond acceptors (Lipinski definition) is 2. The van der Waals surface area contributed by atoms with Gasteiger partial charge in [-0.25, -0.2) is 13.6 Å². The number of rotatable bonds is 3. The van der Waals surface area contributed by atoms with Gasteiger partial charge in [0.05, 0.1) is 0 Å². The van der Waals surface area contributed by atoms with Crippen molar-refractivity contribution < 1.29 is 18.3 Å². The van der Waals surface area contributed by atoms with Crippen LogP contribution in [0.1, 0.15) is 5.56 Å². The number of carbonyl (C=O) groups excluding carboxylic acids is 1. The Hall–Kier alpha value is -2.14. The van der Waals surface area contributed by atoms with Crippen LogP contribution in [0.2, 0.25) is 5.02 Å². The average molecular weight is 298 g/mol. The molecule has 0 saturated heterocycles. The molecule has 0 aliphatic heterocycles. The van der Waals surface area contributed by atoms with Gasteiger partial charge in [-0.2, -0.15) is 0 Å². The van der Waals surface area contributed by atoms with Crippen molar-refractivity contribution in [1.29, 1.82) is 0 Å². The maximum Gasteiger partial charge on any atom is 0.412 e. The second-order valence-electron chi connectivity index (χ2n) is 3.93. The summed E-state index contributed by atoms with van der Waals surface area (Å²) < 4.78 is 31.7. The molecule has 1 amide bonds. The zero-order valence-electron chi connectivity index (χ0n) is 10.2. The molecule has 2 aromatic rings. The number of benzene rings is 2. The van der Waals surface area contributed by atoms with Crippen molar-refractivity contribution in [3.05, 3.63) is 64.7 Å². The maximum atomic E-state index is 13.4. The molecule has 104 valence electrons. The fourth-order valence-electron chi connectivity index (χ4n) is 1.52. The van der Waals surface area contributed by atoms with E-state index in [1.165, 1.54) is 0 Å². The number of ether oxygens (including phenoxy) is 1. The fourth-order valence-corrected chi connectivity index (χ4v) is 1.71. The first-order valence-corrected chi connectivity index (χ1v) is 6.06. The highest BCUT2D eigenvalue weighted by molar-refractivity contribution is 6.30. The molecule has 0 bridgehead atoms. The number of amides is 1. The lowest BCUT2D eigenvalue weighted by Gasteiger charge is -2.09. The minimum atomic E-state index is -0.966. The maximum absolute atomic E-state index is 13.4. The quantitative estimate of drug-likeness (QED) is 0.913. The summed E-state index contributed by atoms with van der Waals surface area (Å²) in [5.74, 6) is -1.93. The zero-order chi connectivity index (χ0) is 14.5. The van der Waals surface area contributed by atoms with Gasteiger partial charge in [-0.15, -0.1) is 0 Å². The summed E-state index contributed by atoms with van der Waals surface area (Å²) in [5.41, 5.74) is 0.173. The fraction of sp³-hybridized carbons (Fsp3) is 0.0714. The Morgan fingerprint density at radius 2 is 1.75 bits per heavy atom. The Labute approximate surface area is 119 Å². The molecule has 3 nitrogen and oxygen atoms in total. The van der Waals surface area contributed by atoms with Crippen LogP contribution in [0.3, 0.4) is 0 Å². The molecule has 0 aliphatic rings. The van der Waals surface area contributed by atoms with E-state index in [9.17, 15) is 13.6 Å². The molecule has 0 unspecified atom stereocenters. The van der Waals surface area contributed by atoms with Crippen LogP contribution in [0.15, 0.2) is 42.5 Å². The Bertz CT molecular complexity index is 597. The Morgan fingerprint density at radius 3 is 2.35 bits per heavy atom.